The van der Waals surface area contributed by atoms with Crippen molar-refractivity contribution < 1.29 is 14.7 Å². The molecule has 0 rings (SSSR count). The van der Waals surface area contributed by atoms with Gasteiger partial charge >= 0.3 is 0 Å². The van der Waals surface area contributed by atoms with Gasteiger partial charge in [0, 0.05) is 6.92 Å². The quantitative estimate of drug-likeness (QED) is 0.177. The molecular formula is C8H14N2O3. The first-order valence-corrected chi connectivity index (χ1v) is 3.74. The molecule has 0 radical (unpaired) electrons. The summed E-state index contributed by atoms with van der Waals surface area (Å²) in [5.41, 5.74) is 0.329. The lowest BCUT2D eigenvalue weighted by molar-refractivity contribution is -0.472. The molecule has 0 fully saturated rings. The van der Waals surface area contributed by atoms with Crippen molar-refractivity contribution in [3.05, 3.63) is 17.5 Å². The number of oxime groups is 1. The first-order chi connectivity index (χ1) is 6.02. The van der Waals surface area contributed by atoms with Crippen LogP contribution in [-0.2, 0) is 4.74 Å². The number of ether oxygens (including phenoxy) is 1. The molecule has 0 aliphatic heterocycles. The van der Waals surface area contributed by atoms with Crippen LogP contribution in [0, 0.1) is 5.21 Å². The highest BCUT2D eigenvalue weighted by Crippen LogP contribution is 1.94. The minimum Gasteiger partial charge on any atom is -0.623 e. The number of hydrogen-bond donors (Lipinski definition) is 1. The Morgan fingerprint density at radius 3 is 2.69 bits per heavy atom. The lowest BCUT2D eigenvalue weighted by Crippen LogP contribution is -2.27. The highest BCUT2D eigenvalue weighted by atomic mass is 16.5. The molecule has 0 aliphatic carbocycles. The monoisotopic (exact) mass is 186 g/mol. The number of hydrogen-bond acceptors (Lipinski definition) is 4. The second-order valence-electron chi connectivity index (χ2n) is 2.58. The summed E-state index contributed by atoms with van der Waals surface area (Å²) in [5, 5.41) is 22.6. The molecule has 13 heavy (non-hydrogen) atoms. The molecular weight excluding hydrogens is 172 g/mol. The number of nitrogens with zero attached hydrogens (tertiary/aromatic N) is 2. The second kappa shape index (κ2) is 5.18. The van der Waals surface area contributed by atoms with E-state index in [0.717, 1.165) is 0 Å². The van der Waals surface area contributed by atoms with Gasteiger partial charge < -0.3 is 15.2 Å². The molecule has 0 amide bonds. The topological polar surface area (TPSA) is 67.9 Å². The maximum Gasteiger partial charge on any atom is 0.216 e. The number of hydroxylamine groups is 1. The van der Waals surface area contributed by atoms with Gasteiger partial charge in [-0.15, -0.1) is 0 Å². The Hall–Kier alpha value is -1.52. The molecule has 1 atom stereocenters. The van der Waals surface area contributed by atoms with Crippen LogP contribution in [0.25, 0.3) is 0 Å². The maximum atomic E-state index is 11.2. The summed E-state index contributed by atoms with van der Waals surface area (Å²) >= 11 is 0. The van der Waals surface area contributed by atoms with Crippen molar-refractivity contribution >= 4 is 11.9 Å². The van der Waals surface area contributed by atoms with Gasteiger partial charge in [-0.1, -0.05) is 11.7 Å². The highest BCUT2D eigenvalue weighted by Gasteiger charge is 2.13. The molecule has 0 aromatic heterocycles. The molecule has 74 valence electrons. The molecule has 0 spiro atoms. The van der Waals surface area contributed by atoms with Gasteiger partial charge in [0.25, 0.3) is 0 Å². The predicted molar refractivity (Wildman–Crippen MR) is 50.2 cm³/mol. The van der Waals surface area contributed by atoms with E-state index in [9.17, 15) is 5.21 Å². The number of allylic oxidation sites excluding steroid dienone is 1. The Bertz CT molecular complexity index is 246. The lowest BCUT2D eigenvalue weighted by atomic mass is 10.2. The molecule has 0 heterocycles. The van der Waals surface area contributed by atoms with E-state index in [2.05, 4.69) is 11.7 Å². The van der Waals surface area contributed by atoms with E-state index in [-0.39, 0.29) is 5.76 Å². The molecule has 0 aliphatic rings. The molecule has 1 N–H and O–H groups in total. The van der Waals surface area contributed by atoms with E-state index in [0.29, 0.717) is 10.5 Å². The van der Waals surface area contributed by atoms with Crippen LogP contribution in [0.5, 0.6) is 0 Å². The van der Waals surface area contributed by atoms with Crippen molar-refractivity contribution in [2.24, 2.45) is 5.16 Å². The molecule has 0 saturated carbocycles. The van der Waals surface area contributed by atoms with Crippen LogP contribution in [0.1, 0.15) is 13.8 Å². The SMILES string of the molecule is C=C(C=[N+]([O-])C(C)C(C)=NO)OC. The van der Waals surface area contributed by atoms with E-state index in [4.69, 9.17) is 9.94 Å². The van der Waals surface area contributed by atoms with Gasteiger partial charge in [-0.25, -0.2) is 4.74 Å². The summed E-state index contributed by atoms with van der Waals surface area (Å²) < 4.78 is 5.30. The third-order valence-corrected chi connectivity index (χ3v) is 1.68. The molecule has 5 heteroatoms. The normalized spacial score (nSPS) is 15.3. The zero-order chi connectivity index (χ0) is 10.4. The van der Waals surface area contributed by atoms with Gasteiger partial charge in [-0.05, 0) is 6.92 Å². The van der Waals surface area contributed by atoms with Crippen molar-refractivity contribution in [1.29, 1.82) is 0 Å². The maximum absolute atomic E-state index is 11.2. The van der Waals surface area contributed by atoms with Crippen LogP contribution in [0.4, 0.5) is 0 Å². The third-order valence-electron chi connectivity index (χ3n) is 1.68. The van der Waals surface area contributed by atoms with Crippen molar-refractivity contribution in [2.75, 3.05) is 7.11 Å². The van der Waals surface area contributed by atoms with E-state index in [1.165, 1.54) is 13.3 Å². The van der Waals surface area contributed by atoms with E-state index < -0.39 is 6.04 Å². The molecule has 0 bridgehead atoms. The Kier molecular flexibility index (Phi) is 4.58. The Balaban J connectivity index is 4.50. The smallest absolute Gasteiger partial charge is 0.216 e. The van der Waals surface area contributed by atoms with E-state index in [1.54, 1.807) is 13.8 Å². The summed E-state index contributed by atoms with van der Waals surface area (Å²) in [4.78, 5) is 0. The van der Waals surface area contributed by atoms with Crippen molar-refractivity contribution in [2.45, 2.75) is 19.9 Å². The van der Waals surface area contributed by atoms with Gasteiger partial charge in [0.15, 0.2) is 5.76 Å². The Morgan fingerprint density at radius 2 is 2.31 bits per heavy atom. The first-order valence-electron chi connectivity index (χ1n) is 3.74. The first kappa shape index (κ1) is 11.5. The predicted octanol–water partition coefficient (Wildman–Crippen LogP) is 0.966. The lowest BCUT2D eigenvalue weighted by Gasteiger charge is -2.11. The Labute approximate surface area is 77.2 Å². The van der Waals surface area contributed by atoms with Gasteiger partial charge in [0.1, 0.15) is 5.71 Å². The number of methoxy groups -OCH3 is 1. The molecule has 0 saturated heterocycles. The third kappa shape index (κ3) is 3.59. The van der Waals surface area contributed by atoms with Crippen molar-refractivity contribution in [3.8, 4) is 0 Å². The standard InChI is InChI=1S/C8H14N2O3/c1-6(13-4)5-10(12)8(3)7(2)9-11/h5,8,11H,1H2,2-4H3. The molecule has 0 aromatic carbocycles. The van der Waals surface area contributed by atoms with Crippen LogP contribution in [0.2, 0.25) is 0 Å². The second-order valence-corrected chi connectivity index (χ2v) is 2.58. The van der Waals surface area contributed by atoms with Crippen LogP contribution in [0.3, 0.4) is 0 Å². The van der Waals surface area contributed by atoms with Crippen LogP contribution in [0.15, 0.2) is 17.5 Å². The Morgan fingerprint density at radius 1 is 1.77 bits per heavy atom. The molecule has 0 aromatic rings. The summed E-state index contributed by atoms with van der Waals surface area (Å²) in [6, 6.07) is -0.531. The van der Waals surface area contributed by atoms with Gasteiger partial charge in [0.05, 0.1) is 7.11 Å². The summed E-state index contributed by atoms with van der Waals surface area (Å²) in [7, 11) is 1.42. The molecule has 5 nitrogen and oxygen atoms in total. The average Bonchev–Trinajstić information content (AvgIpc) is 2.14. The van der Waals surface area contributed by atoms with E-state index in [1.807, 2.05) is 0 Å². The largest absolute Gasteiger partial charge is 0.623 e. The highest BCUT2D eigenvalue weighted by molar-refractivity contribution is 5.86. The zero-order valence-electron chi connectivity index (χ0n) is 8.02. The van der Waals surface area contributed by atoms with Gasteiger partial charge in [-0.2, -0.15) is 0 Å². The van der Waals surface area contributed by atoms with E-state index >= 15 is 0 Å². The number of rotatable bonds is 4. The van der Waals surface area contributed by atoms with Crippen LogP contribution >= 0.6 is 0 Å². The fourth-order valence-electron chi connectivity index (χ4n) is 0.574. The zero-order valence-corrected chi connectivity index (χ0v) is 8.02. The van der Waals surface area contributed by atoms with Crippen molar-refractivity contribution in [1.82, 2.24) is 0 Å². The minimum absolute atomic E-state index is 0.257. The fraction of sp³-hybridized carbons (Fsp3) is 0.500. The summed E-state index contributed by atoms with van der Waals surface area (Å²) in [6.07, 6.45) is 1.19. The minimum atomic E-state index is -0.531. The summed E-state index contributed by atoms with van der Waals surface area (Å²) in [6.45, 7) is 6.63. The molecule has 1 unspecified atom stereocenters. The van der Waals surface area contributed by atoms with Gasteiger partial charge in [0.2, 0.25) is 12.3 Å². The van der Waals surface area contributed by atoms with Crippen LogP contribution in [-0.4, -0.2) is 35.0 Å². The summed E-state index contributed by atoms with van der Waals surface area (Å²) in [5.74, 6) is 0.257. The van der Waals surface area contributed by atoms with Crippen LogP contribution < -0.4 is 0 Å². The fourth-order valence-corrected chi connectivity index (χ4v) is 0.574. The van der Waals surface area contributed by atoms with Crippen molar-refractivity contribution in [3.63, 3.8) is 0 Å². The van der Waals surface area contributed by atoms with Gasteiger partial charge in [-0.3, -0.25) is 0 Å². The average molecular weight is 186 g/mol.